The number of nitrogens with one attached hydrogen (secondary N) is 1. The Hall–Kier alpha value is -2.25. The van der Waals surface area contributed by atoms with Crippen LogP contribution in [0.5, 0.6) is 5.75 Å². The van der Waals surface area contributed by atoms with Crippen LogP contribution in [0.3, 0.4) is 0 Å². The van der Waals surface area contributed by atoms with Crippen molar-refractivity contribution in [3.63, 3.8) is 0 Å². The lowest BCUT2D eigenvalue weighted by atomic mass is 9.97. The number of halogens is 1. The maximum Gasteiger partial charge on any atom is 0.179 e. The zero-order chi connectivity index (χ0) is 19.5. The number of nitrogens with zero attached hydrogens (tertiary/aromatic N) is 3. The lowest BCUT2D eigenvalue weighted by molar-refractivity contribution is 0.352. The lowest BCUT2D eigenvalue weighted by Gasteiger charge is -2.41. The van der Waals surface area contributed by atoms with Crippen molar-refractivity contribution in [2.75, 3.05) is 25.1 Å². The zero-order valence-electron chi connectivity index (χ0n) is 16.2. The summed E-state index contributed by atoms with van der Waals surface area (Å²) in [5, 5.41) is 6.79. The normalized spacial score (nSPS) is 19.9. The highest BCUT2D eigenvalue weighted by molar-refractivity contribution is 7.17. The molecule has 2 atom stereocenters. The van der Waals surface area contributed by atoms with E-state index in [9.17, 15) is 4.39 Å². The number of hydrogen-bond acceptors (Lipinski definition) is 6. The number of thiophene rings is 1. The van der Waals surface area contributed by atoms with Crippen molar-refractivity contribution in [1.29, 1.82) is 0 Å². The van der Waals surface area contributed by atoms with Crippen molar-refractivity contribution in [2.24, 2.45) is 0 Å². The van der Waals surface area contributed by atoms with Crippen LogP contribution in [0.15, 0.2) is 36.1 Å². The Bertz CT molecular complexity index is 947. The van der Waals surface area contributed by atoms with E-state index in [4.69, 9.17) is 4.74 Å². The molecule has 1 fully saturated rings. The Labute approximate surface area is 168 Å². The summed E-state index contributed by atoms with van der Waals surface area (Å²) in [7, 11) is 1.66. The molecule has 1 saturated heterocycles. The van der Waals surface area contributed by atoms with Crippen LogP contribution in [-0.4, -0.2) is 42.3 Å². The van der Waals surface area contributed by atoms with E-state index in [0.717, 1.165) is 48.3 Å². The number of aryl methyl sites for hydroxylation is 1. The van der Waals surface area contributed by atoms with E-state index in [1.54, 1.807) is 37.0 Å². The van der Waals surface area contributed by atoms with Crippen LogP contribution in [-0.2, 0) is 6.42 Å². The molecule has 0 amide bonds. The highest BCUT2D eigenvalue weighted by Gasteiger charge is 2.30. The second-order valence-corrected chi connectivity index (χ2v) is 8.12. The van der Waals surface area contributed by atoms with Gasteiger partial charge in [-0.15, -0.1) is 11.3 Å². The number of anilines is 1. The Morgan fingerprint density at radius 1 is 1.39 bits per heavy atom. The average Bonchev–Trinajstić information content (AvgIpc) is 3.11. The topological polar surface area (TPSA) is 50.3 Å². The van der Waals surface area contributed by atoms with Crippen molar-refractivity contribution in [3.8, 4) is 5.75 Å². The highest BCUT2D eigenvalue weighted by Crippen LogP contribution is 2.31. The number of ether oxygens (including phenoxy) is 1. The van der Waals surface area contributed by atoms with Crippen LogP contribution >= 0.6 is 11.3 Å². The van der Waals surface area contributed by atoms with Gasteiger partial charge in [0.1, 0.15) is 12.1 Å². The van der Waals surface area contributed by atoms with Crippen molar-refractivity contribution < 1.29 is 9.13 Å². The van der Waals surface area contributed by atoms with Crippen molar-refractivity contribution in [1.82, 2.24) is 15.3 Å². The number of piperazine rings is 1. The molecule has 0 radical (unpaired) electrons. The van der Waals surface area contributed by atoms with E-state index >= 15 is 0 Å². The fourth-order valence-corrected chi connectivity index (χ4v) is 5.05. The van der Waals surface area contributed by atoms with Gasteiger partial charge in [-0.05, 0) is 60.7 Å². The van der Waals surface area contributed by atoms with Gasteiger partial charge >= 0.3 is 0 Å². The van der Waals surface area contributed by atoms with Gasteiger partial charge < -0.3 is 15.0 Å². The fraction of sp³-hybridized carbons (Fsp3) is 0.429. The predicted molar refractivity (Wildman–Crippen MR) is 112 cm³/mol. The van der Waals surface area contributed by atoms with Gasteiger partial charge in [-0.1, -0.05) is 0 Å². The Kier molecular flexibility index (Phi) is 5.73. The number of aromatic nitrogens is 2. The molecule has 1 aromatic carbocycles. The summed E-state index contributed by atoms with van der Waals surface area (Å²) in [6, 6.07) is 5.73. The quantitative estimate of drug-likeness (QED) is 0.677. The molecule has 28 heavy (non-hydrogen) atoms. The van der Waals surface area contributed by atoms with Gasteiger partial charge in [0.15, 0.2) is 11.6 Å². The summed E-state index contributed by atoms with van der Waals surface area (Å²) in [6.45, 7) is 4.02. The molecule has 1 aliphatic rings. The SMILES string of the molecule is COc1cncnc1N1CCNC(C)C1CCCc1csc2ccc(F)cc12. The average molecular weight is 401 g/mol. The van der Waals surface area contributed by atoms with Crippen LogP contribution < -0.4 is 15.0 Å². The first-order chi connectivity index (χ1) is 13.7. The Morgan fingerprint density at radius 2 is 2.29 bits per heavy atom. The van der Waals surface area contributed by atoms with Gasteiger partial charge in [0.2, 0.25) is 0 Å². The highest BCUT2D eigenvalue weighted by atomic mass is 32.1. The van der Waals surface area contributed by atoms with Gasteiger partial charge in [0.25, 0.3) is 0 Å². The van der Waals surface area contributed by atoms with E-state index in [2.05, 4.69) is 32.5 Å². The number of hydrogen-bond donors (Lipinski definition) is 1. The number of rotatable bonds is 6. The fourth-order valence-electron chi connectivity index (χ4n) is 4.07. The second-order valence-electron chi connectivity index (χ2n) is 7.21. The van der Waals surface area contributed by atoms with Crippen LogP contribution in [0.1, 0.15) is 25.3 Å². The first-order valence-electron chi connectivity index (χ1n) is 9.67. The minimum Gasteiger partial charge on any atom is -0.491 e. The zero-order valence-corrected chi connectivity index (χ0v) is 17.0. The standard InChI is InChI=1S/C21H25FN4OS/c1-14-18(26(9-8-24-14)21-19(27-2)11-23-13-25-21)5-3-4-15-12-28-20-7-6-16(22)10-17(15)20/h6-7,10-14,18,24H,3-5,8-9H2,1-2H3. The molecule has 2 unspecified atom stereocenters. The molecule has 3 aromatic rings. The largest absolute Gasteiger partial charge is 0.491 e. The molecule has 7 heteroatoms. The van der Waals surface area contributed by atoms with Gasteiger partial charge in [0.05, 0.1) is 13.3 Å². The number of benzene rings is 1. The van der Waals surface area contributed by atoms with Gasteiger partial charge in [-0.2, -0.15) is 0 Å². The third kappa shape index (κ3) is 3.82. The summed E-state index contributed by atoms with van der Waals surface area (Å²) >= 11 is 1.69. The predicted octanol–water partition coefficient (Wildman–Crippen LogP) is 4.03. The summed E-state index contributed by atoms with van der Waals surface area (Å²) < 4.78 is 20.3. The molecule has 0 bridgehead atoms. The van der Waals surface area contributed by atoms with E-state index in [1.165, 1.54) is 11.6 Å². The molecule has 3 heterocycles. The molecule has 1 aliphatic heterocycles. The third-order valence-electron chi connectivity index (χ3n) is 5.51. The minimum atomic E-state index is -0.167. The van der Waals surface area contributed by atoms with Crippen molar-refractivity contribution in [2.45, 2.75) is 38.3 Å². The smallest absolute Gasteiger partial charge is 0.179 e. The molecule has 5 nitrogen and oxygen atoms in total. The maximum atomic E-state index is 13.6. The molecule has 4 rings (SSSR count). The monoisotopic (exact) mass is 400 g/mol. The van der Waals surface area contributed by atoms with Crippen LogP contribution in [0.25, 0.3) is 10.1 Å². The molecule has 0 saturated carbocycles. The lowest BCUT2D eigenvalue weighted by Crippen LogP contribution is -2.57. The summed E-state index contributed by atoms with van der Waals surface area (Å²) in [6.07, 6.45) is 6.30. The third-order valence-corrected chi connectivity index (χ3v) is 6.52. The summed E-state index contributed by atoms with van der Waals surface area (Å²) in [4.78, 5) is 10.9. The van der Waals surface area contributed by atoms with Crippen LogP contribution in [0.4, 0.5) is 10.2 Å². The summed E-state index contributed by atoms with van der Waals surface area (Å²) in [5.74, 6) is 1.40. The van der Waals surface area contributed by atoms with Crippen LogP contribution in [0, 0.1) is 5.82 Å². The maximum absolute atomic E-state index is 13.6. The first kappa shape index (κ1) is 19.1. The number of methoxy groups -OCH3 is 1. The summed E-state index contributed by atoms with van der Waals surface area (Å²) in [5.41, 5.74) is 1.24. The van der Waals surface area contributed by atoms with E-state index < -0.39 is 0 Å². The molecule has 2 aromatic heterocycles. The van der Waals surface area contributed by atoms with E-state index in [1.807, 2.05) is 6.07 Å². The number of fused-ring (bicyclic) bond motifs is 1. The Balaban J connectivity index is 1.49. The second kappa shape index (κ2) is 8.41. The molecule has 0 spiro atoms. The van der Waals surface area contributed by atoms with Gasteiger partial charge in [0, 0.05) is 29.9 Å². The van der Waals surface area contributed by atoms with Crippen molar-refractivity contribution in [3.05, 3.63) is 47.5 Å². The first-order valence-corrected chi connectivity index (χ1v) is 10.5. The molecular formula is C21H25FN4OS. The van der Waals surface area contributed by atoms with Gasteiger partial charge in [-0.25, -0.2) is 14.4 Å². The molecule has 148 valence electrons. The molecule has 0 aliphatic carbocycles. The van der Waals surface area contributed by atoms with E-state index in [0.29, 0.717) is 17.8 Å². The Morgan fingerprint density at radius 3 is 3.14 bits per heavy atom. The minimum absolute atomic E-state index is 0.167. The van der Waals surface area contributed by atoms with Gasteiger partial charge in [-0.3, -0.25) is 0 Å². The van der Waals surface area contributed by atoms with E-state index in [-0.39, 0.29) is 5.82 Å². The molecule has 1 N–H and O–H groups in total. The molecular weight excluding hydrogens is 375 g/mol. The van der Waals surface area contributed by atoms with Crippen LogP contribution in [0.2, 0.25) is 0 Å². The van der Waals surface area contributed by atoms with Crippen molar-refractivity contribution >= 4 is 27.2 Å².